The van der Waals surface area contributed by atoms with Crippen LogP contribution in [0.1, 0.15) is 17.9 Å². The van der Waals surface area contributed by atoms with Gasteiger partial charge in [0.05, 0.1) is 0 Å². The summed E-state index contributed by atoms with van der Waals surface area (Å²) in [5, 5.41) is 18.9. The molecule has 0 saturated carbocycles. The summed E-state index contributed by atoms with van der Waals surface area (Å²) in [7, 11) is -1.40. The van der Waals surface area contributed by atoms with Crippen LogP contribution in [0.5, 0.6) is 0 Å². The van der Waals surface area contributed by atoms with Gasteiger partial charge in [-0.1, -0.05) is 42.0 Å². The maximum atomic E-state index is 9.10. The van der Waals surface area contributed by atoms with Gasteiger partial charge in [-0.15, -0.1) is 0 Å². The first kappa shape index (κ1) is 11.5. The molecule has 0 aromatic heterocycles. The lowest BCUT2D eigenvalue weighted by atomic mass is 9.73. The molecular weight excluding hydrogens is 222 g/mol. The third-order valence-corrected chi connectivity index (χ3v) is 2.94. The average Bonchev–Trinajstić information content (AvgIpc) is 2.30. The molecule has 0 aliphatic heterocycles. The molecule has 1 aromatic carbocycles. The minimum Gasteiger partial charge on any atom is -0.423 e. The van der Waals surface area contributed by atoms with Gasteiger partial charge in [-0.2, -0.15) is 0 Å². The van der Waals surface area contributed by atoms with Crippen molar-refractivity contribution in [3.63, 3.8) is 0 Å². The molecule has 0 bridgehead atoms. The van der Waals surface area contributed by atoms with E-state index in [1.54, 1.807) is 6.08 Å². The lowest BCUT2D eigenvalue weighted by Crippen LogP contribution is -2.16. The maximum absolute atomic E-state index is 9.10. The van der Waals surface area contributed by atoms with Gasteiger partial charge in [0.15, 0.2) is 0 Å². The number of allylic oxidation sites excluding steroid dienone is 4. The summed E-state index contributed by atoms with van der Waals surface area (Å²) in [6, 6.07) is 7.62. The Bertz CT molecular complexity index is 423. The molecule has 1 aliphatic rings. The highest BCUT2D eigenvalue weighted by Crippen LogP contribution is 2.28. The summed E-state index contributed by atoms with van der Waals surface area (Å²) >= 11 is 5.82. The van der Waals surface area contributed by atoms with Crippen molar-refractivity contribution in [2.45, 2.75) is 12.3 Å². The Kier molecular flexibility index (Phi) is 3.49. The number of hydrogen-bond donors (Lipinski definition) is 2. The molecule has 1 aromatic rings. The van der Waals surface area contributed by atoms with Crippen molar-refractivity contribution in [2.75, 3.05) is 0 Å². The van der Waals surface area contributed by atoms with Gasteiger partial charge < -0.3 is 10.0 Å². The van der Waals surface area contributed by atoms with Gasteiger partial charge in [0.2, 0.25) is 0 Å². The maximum Gasteiger partial charge on any atom is 0.488 e. The van der Waals surface area contributed by atoms with Crippen LogP contribution in [0, 0.1) is 0 Å². The number of halogens is 1. The van der Waals surface area contributed by atoms with Crippen molar-refractivity contribution in [3.05, 3.63) is 58.6 Å². The lowest BCUT2D eigenvalue weighted by molar-refractivity contribution is 0.420. The van der Waals surface area contributed by atoms with Crippen LogP contribution in [-0.4, -0.2) is 17.2 Å². The molecule has 4 heteroatoms. The minimum atomic E-state index is -1.40. The predicted molar refractivity (Wildman–Crippen MR) is 66.2 cm³/mol. The van der Waals surface area contributed by atoms with Crippen LogP contribution in [0.2, 0.25) is 5.02 Å². The Balaban J connectivity index is 2.23. The Hall–Kier alpha value is -1.03. The van der Waals surface area contributed by atoms with Crippen molar-refractivity contribution in [1.82, 2.24) is 0 Å². The largest absolute Gasteiger partial charge is 0.488 e. The standard InChI is InChI=1S/C12H12BClO2/c14-12-6-4-9(5-7-12)10-2-1-3-11(8-10)13(15)16/h1,3-8,10,15-16H,2H2. The summed E-state index contributed by atoms with van der Waals surface area (Å²) < 4.78 is 0. The van der Waals surface area contributed by atoms with Gasteiger partial charge in [-0.25, -0.2) is 0 Å². The van der Waals surface area contributed by atoms with Crippen molar-refractivity contribution in [1.29, 1.82) is 0 Å². The normalized spacial score (nSPS) is 19.4. The van der Waals surface area contributed by atoms with E-state index in [0.717, 1.165) is 12.0 Å². The molecule has 1 atom stereocenters. The van der Waals surface area contributed by atoms with Crippen LogP contribution in [0.25, 0.3) is 0 Å². The SMILES string of the molecule is OB(O)C1=CC(c2ccc(Cl)cc2)CC=C1. The highest BCUT2D eigenvalue weighted by molar-refractivity contribution is 6.51. The molecular formula is C12H12BClO2. The molecule has 82 valence electrons. The molecule has 0 fully saturated rings. The van der Waals surface area contributed by atoms with Gasteiger partial charge in [-0.05, 0) is 29.6 Å². The van der Waals surface area contributed by atoms with E-state index in [4.69, 9.17) is 21.6 Å². The summed E-state index contributed by atoms with van der Waals surface area (Å²) in [6.07, 6.45) is 6.46. The second kappa shape index (κ2) is 4.87. The van der Waals surface area contributed by atoms with Crippen molar-refractivity contribution < 1.29 is 10.0 Å². The van der Waals surface area contributed by atoms with Crippen LogP contribution < -0.4 is 0 Å². The predicted octanol–water partition coefficient (Wildman–Crippen LogP) is 2.32. The van der Waals surface area contributed by atoms with Crippen molar-refractivity contribution in [3.8, 4) is 0 Å². The van der Waals surface area contributed by atoms with Gasteiger partial charge in [0, 0.05) is 10.9 Å². The topological polar surface area (TPSA) is 40.5 Å². The molecule has 0 radical (unpaired) electrons. The number of benzene rings is 1. The van der Waals surface area contributed by atoms with Crippen LogP contribution in [0.15, 0.2) is 48.0 Å². The fourth-order valence-electron chi connectivity index (χ4n) is 1.82. The highest BCUT2D eigenvalue weighted by Gasteiger charge is 2.18. The van der Waals surface area contributed by atoms with Crippen molar-refractivity contribution in [2.24, 2.45) is 0 Å². The molecule has 0 amide bonds. The molecule has 1 unspecified atom stereocenters. The first-order valence-corrected chi connectivity index (χ1v) is 5.54. The Labute approximate surface area is 100 Å². The molecule has 0 spiro atoms. The third kappa shape index (κ3) is 2.56. The van der Waals surface area contributed by atoms with E-state index in [1.165, 1.54) is 0 Å². The van der Waals surface area contributed by atoms with E-state index in [-0.39, 0.29) is 5.92 Å². The minimum absolute atomic E-state index is 0.194. The Morgan fingerprint density at radius 3 is 2.50 bits per heavy atom. The number of hydrogen-bond acceptors (Lipinski definition) is 2. The summed E-state index contributed by atoms with van der Waals surface area (Å²) in [6.45, 7) is 0. The van der Waals surface area contributed by atoms with E-state index in [0.29, 0.717) is 10.5 Å². The van der Waals surface area contributed by atoms with Gasteiger partial charge in [-0.3, -0.25) is 0 Å². The zero-order valence-electron chi connectivity index (χ0n) is 8.68. The first-order chi connectivity index (χ1) is 7.66. The first-order valence-electron chi connectivity index (χ1n) is 5.16. The molecule has 2 rings (SSSR count). The molecule has 16 heavy (non-hydrogen) atoms. The van der Waals surface area contributed by atoms with Crippen LogP contribution in [0.4, 0.5) is 0 Å². The zero-order valence-corrected chi connectivity index (χ0v) is 9.43. The van der Waals surface area contributed by atoms with Crippen LogP contribution in [-0.2, 0) is 0 Å². The summed E-state index contributed by atoms with van der Waals surface area (Å²) in [5.41, 5.74) is 1.68. The van der Waals surface area contributed by atoms with E-state index < -0.39 is 7.12 Å². The van der Waals surface area contributed by atoms with E-state index in [2.05, 4.69) is 0 Å². The third-order valence-electron chi connectivity index (χ3n) is 2.69. The van der Waals surface area contributed by atoms with E-state index >= 15 is 0 Å². The second-order valence-corrected chi connectivity index (χ2v) is 4.27. The average molecular weight is 234 g/mol. The fraction of sp³-hybridized carbons (Fsp3) is 0.167. The Morgan fingerprint density at radius 2 is 1.88 bits per heavy atom. The van der Waals surface area contributed by atoms with Gasteiger partial charge in [0.25, 0.3) is 0 Å². The summed E-state index contributed by atoms with van der Waals surface area (Å²) in [4.78, 5) is 0. The molecule has 1 aliphatic carbocycles. The number of rotatable bonds is 2. The van der Waals surface area contributed by atoms with Crippen LogP contribution in [0.3, 0.4) is 0 Å². The smallest absolute Gasteiger partial charge is 0.423 e. The summed E-state index contributed by atoms with van der Waals surface area (Å²) in [5.74, 6) is 0.194. The Morgan fingerprint density at radius 1 is 1.19 bits per heavy atom. The van der Waals surface area contributed by atoms with Gasteiger partial charge >= 0.3 is 7.12 Å². The second-order valence-electron chi connectivity index (χ2n) is 3.84. The molecule has 0 heterocycles. The van der Waals surface area contributed by atoms with Gasteiger partial charge in [0.1, 0.15) is 0 Å². The monoisotopic (exact) mass is 234 g/mol. The molecule has 0 saturated heterocycles. The van der Waals surface area contributed by atoms with Crippen LogP contribution >= 0.6 is 11.6 Å². The fourth-order valence-corrected chi connectivity index (χ4v) is 1.95. The van der Waals surface area contributed by atoms with E-state index in [9.17, 15) is 0 Å². The molecule has 2 nitrogen and oxygen atoms in total. The lowest BCUT2D eigenvalue weighted by Gasteiger charge is -2.17. The quantitative estimate of drug-likeness (QED) is 0.771. The van der Waals surface area contributed by atoms with E-state index in [1.807, 2.05) is 36.4 Å². The highest BCUT2D eigenvalue weighted by atomic mass is 35.5. The zero-order chi connectivity index (χ0) is 11.5. The van der Waals surface area contributed by atoms with Crippen molar-refractivity contribution >= 4 is 18.7 Å². The molecule has 2 N–H and O–H groups in total.